The van der Waals surface area contributed by atoms with Crippen molar-refractivity contribution in [2.45, 2.75) is 44.8 Å². The predicted molar refractivity (Wildman–Crippen MR) is 109 cm³/mol. The summed E-state index contributed by atoms with van der Waals surface area (Å²) < 4.78 is 17.0. The second-order valence-electron chi connectivity index (χ2n) is 9.04. The molecule has 1 amide bonds. The lowest BCUT2D eigenvalue weighted by molar-refractivity contribution is -0.0497. The van der Waals surface area contributed by atoms with Crippen LogP contribution in [-0.2, 0) is 6.61 Å². The monoisotopic (exact) mass is 395 g/mol. The minimum absolute atomic E-state index is 0.00832. The van der Waals surface area contributed by atoms with E-state index in [0.717, 1.165) is 11.8 Å². The van der Waals surface area contributed by atoms with Crippen LogP contribution in [0.15, 0.2) is 40.8 Å². The first-order chi connectivity index (χ1) is 14.1. The number of nitrogens with zero attached hydrogens (tertiary/aromatic N) is 1. The molecule has 5 nitrogen and oxygen atoms in total. The topological polar surface area (TPSA) is 51.9 Å². The van der Waals surface area contributed by atoms with Gasteiger partial charge in [-0.25, -0.2) is 0 Å². The minimum atomic E-state index is -0.00832. The van der Waals surface area contributed by atoms with Crippen LogP contribution in [-0.4, -0.2) is 31.0 Å². The van der Waals surface area contributed by atoms with Gasteiger partial charge in [-0.2, -0.15) is 0 Å². The lowest BCUT2D eigenvalue weighted by Crippen LogP contribution is -2.56. The van der Waals surface area contributed by atoms with Gasteiger partial charge < -0.3 is 18.8 Å². The average Bonchev–Trinajstić information content (AvgIpc) is 3.20. The number of amides is 1. The number of benzene rings is 1. The standard InChI is InChI=1S/C24H29NO4/c1-25(23-17-10-15-9-16(12-17)13-18(23)11-15)24(26)22-8-7-19(29-22)14-28-21-6-4-3-5-20(21)27-2/h3-8,15-18,23H,9-14H2,1-2H3. The zero-order valence-electron chi connectivity index (χ0n) is 17.2. The summed E-state index contributed by atoms with van der Waals surface area (Å²) in [6.07, 6.45) is 6.61. The van der Waals surface area contributed by atoms with Gasteiger partial charge in [-0.3, -0.25) is 4.79 Å². The summed E-state index contributed by atoms with van der Waals surface area (Å²) >= 11 is 0. The van der Waals surface area contributed by atoms with E-state index in [4.69, 9.17) is 13.9 Å². The third kappa shape index (κ3) is 3.41. The molecule has 4 fully saturated rings. The van der Waals surface area contributed by atoms with Crippen molar-refractivity contribution in [1.82, 2.24) is 4.90 Å². The molecule has 4 saturated carbocycles. The Bertz CT molecular complexity index is 861. The van der Waals surface area contributed by atoms with E-state index in [1.54, 1.807) is 13.2 Å². The molecule has 2 aromatic rings. The molecule has 154 valence electrons. The van der Waals surface area contributed by atoms with E-state index in [1.165, 1.54) is 32.1 Å². The Kier molecular flexibility index (Phi) is 4.76. The van der Waals surface area contributed by atoms with Crippen LogP contribution < -0.4 is 9.47 Å². The van der Waals surface area contributed by atoms with Crippen LogP contribution in [0.5, 0.6) is 11.5 Å². The second-order valence-corrected chi connectivity index (χ2v) is 9.04. The van der Waals surface area contributed by atoms with Gasteiger partial charge in [-0.15, -0.1) is 0 Å². The molecule has 0 saturated heterocycles. The smallest absolute Gasteiger partial charge is 0.289 e. The molecule has 29 heavy (non-hydrogen) atoms. The zero-order valence-corrected chi connectivity index (χ0v) is 17.2. The molecule has 6 rings (SSSR count). The number of hydrogen-bond acceptors (Lipinski definition) is 4. The fourth-order valence-corrected chi connectivity index (χ4v) is 6.30. The Balaban J connectivity index is 1.25. The summed E-state index contributed by atoms with van der Waals surface area (Å²) in [5.74, 6) is 5.51. The van der Waals surface area contributed by atoms with Gasteiger partial charge in [-0.05, 0) is 80.0 Å². The molecule has 0 aliphatic heterocycles. The van der Waals surface area contributed by atoms with E-state index in [-0.39, 0.29) is 12.5 Å². The maximum absolute atomic E-state index is 13.1. The van der Waals surface area contributed by atoms with Crippen molar-refractivity contribution in [3.8, 4) is 11.5 Å². The highest BCUT2D eigenvalue weighted by Gasteiger charge is 2.50. The van der Waals surface area contributed by atoms with Crippen molar-refractivity contribution in [2.24, 2.45) is 23.7 Å². The van der Waals surface area contributed by atoms with Crippen LogP contribution in [0.25, 0.3) is 0 Å². The normalized spacial score (nSPS) is 29.7. The molecule has 4 aliphatic rings. The summed E-state index contributed by atoms with van der Waals surface area (Å²) in [5.41, 5.74) is 0. The number of rotatable bonds is 6. The SMILES string of the molecule is COc1ccccc1OCc1ccc(C(=O)N(C)C2C3CC4CC(C3)CC2C4)o1. The van der Waals surface area contributed by atoms with Crippen LogP contribution in [0.1, 0.15) is 48.4 Å². The first-order valence-corrected chi connectivity index (χ1v) is 10.7. The van der Waals surface area contributed by atoms with Crippen molar-refractivity contribution >= 4 is 5.91 Å². The Morgan fingerprint density at radius 2 is 1.66 bits per heavy atom. The summed E-state index contributed by atoms with van der Waals surface area (Å²) in [5, 5.41) is 0. The lowest BCUT2D eigenvalue weighted by atomic mass is 9.54. The number of carbonyl (C=O) groups excluding carboxylic acids is 1. The highest BCUT2D eigenvalue weighted by atomic mass is 16.5. The molecule has 0 unspecified atom stereocenters. The van der Waals surface area contributed by atoms with Gasteiger partial charge in [0.2, 0.25) is 0 Å². The quantitative estimate of drug-likeness (QED) is 0.707. The third-order valence-corrected chi connectivity index (χ3v) is 7.26. The lowest BCUT2D eigenvalue weighted by Gasteiger charge is -2.56. The van der Waals surface area contributed by atoms with E-state index < -0.39 is 0 Å². The zero-order chi connectivity index (χ0) is 20.0. The number of para-hydroxylation sites is 2. The molecule has 5 heteroatoms. The molecule has 1 aromatic heterocycles. The van der Waals surface area contributed by atoms with Gasteiger partial charge in [-0.1, -0.05) is 12.1 Å². The van der Waals surface area contributed by atoms with E-state index in [1.807, 2.05) is 42.3 Å². The average molecular weight is 395 g/mol. The molecule has 4 aliphatic carbocycles. The summed E-state index contributed by atoms with van der Waals surface area (Å²) in [6, 6.07) is 11.5. The molecule has 0 N–H and O–H groups in total. The van der Waals surface area contributed by atoms with Crippen molar-refractivity contribution in [1.29, 1.82) is 0 Å². The summed E-state index contributed by atoms with van der Waals surface area (Å²) in [4.78, 5) is 15.1. The summed E-state index contributed by atoms with van der Waals surface area (Å²) in [7, 11) is 3.58. The van der Waals surface area contributed by atoms with Crippen LogP contribution in [0, 0.1) is 23.7 Å². The fourth-order valence-electron chi connectivity index (χ4n) is 6.30. The Labute approximate surface area is 172 Å². The van der Waals surface area contributed by atoms with Crippen LogP contribution in [0.3, 0.4) is 0 Å². The second kappa shape index (κ2) is 7.43. The van der Waals surface area contributed by atoms with Crippen LogP contribution >= 0.6 is 0 Å². The molecule has 1 heterocycles. The molecular formula is C24H29NO4. The van der Waals surface area contributed by atoms with Gasteiger partial charge in [0.15, 0.2) is 17.3 Å². The van der Waals surface area contributed by atoms with Gasteiger partial charge in [0.1, 0.15) is 12.4 Å². The van der Waals surface area contributed by atoms with Crippen molar-refractivity contribution in [3.63, 3.8) is 0 Å². The third-order valence-electron chi connectivity index (χ3n) is 7.26. The Hall–Kier alpha value is -2.43. The fraction of sp³-hybridized carbons (Fsp3) is 0.542. The molecule has 0 spiro atoms. The van der Waals surface area contributed by atoms with Gasteiger partial charge in [0.05, 0.1) is 7.11 Å². The number of furan rings is 1. The van der Waals surface area contributed by atoms with Gasteiger partial charge in [0, 0.05) is 13.1 Å². The van der Waals surface area contributed by atoms with Crippen LogP contribution in [0.4, 0.5) is 0 Å². The van der Waals surface area contributed by atoms with E-state index in [0.29, 0.717) is 40.9 Å². The summed E-state index contributed by atoms with van der Waals surface area (Å²) in [6.45, 7) is 0.259. The highest BCUT2D eigenvalue weighted by molar-refractivity contribution is 5.91. The van der Waals surface area contributed by atoms with Gasteiger partial charge >= 0.3 is 0 Å². The number of methoxy groups -OCH3 is 1. The molecular weight excluding hydrogens is 366 g/mol. The maximum Gasteiger partial charge on any atom is 0.289 e. The van der Waals surface area contributed by atoms with E-state index in [2.05, 4.69) is 0 Å². The Morgan fingerprint density at radius 3 is 2.31 bits per heavy atom. The number of hydrogen-bond donors (Lipinski definition) is 0. The van der Waals surface area contributed by atoms with Crippen molar-refractivity contribution in [2.75, 3.05) is 14.2 Å². The molecule has 1 aromatic carbocycles. The predicted octanol–water partition coefficient (Wildman–Crippen LogP) is 4.76. The van der Waals surface area contributed by atoms with Crippen molar-refractivity contribution in [3.05, 3.63) is 47.9 Å². The molecule has 0 radical (unpaired) electrons. The minimum Gasteiger partial charge on any atom is -0.493 e. The first-order valence-electron chi connectivity index (χ1n) is 10.7. The number of ether oxygens (including phenoxy) is 2. The van der Waals surface area contributed by atoms with E-state index >= 15 is 0 Å². The molecule has 0 atom stereocenters. The van der Waals surface area contributed by atoms with Crippen LogP contribution in [0.2, 0.25) is 0 Å². The van der Waals surface area contributed by atoms with Crippen molar-refractivity contribution < 1.29 is 18.7 Å². The first kappa shape index (κ1) is 18.6. The number of carbonyl (C=O) groups is 1. The highest BCUT2D eigenvalue weighted by Crippen LogP contribution is 2.55. The van der Waals surface area contributed by atoms with E-state index in [9.17, 15) is 4.79 Å². The Morgan fingerprint density at radius 1 is 1.00 bits per heavy atom. The largest absolute Gasteiger partial charge is 0.493 e. The van der Waals surface area contributed by atoms with Gasteiger partial charge in [0.25, 0.3) is 5.91 Å². The maximum atomic E-state index is 13.1. The molecule has 4 bridgehead atoms.